The molecule has 132 valence electrons. The number of amides is 1. The molecule has 5 nitrogen and oxygen atoms in total. The van der Waals surface area contributed by atoms with Gasteiger partial charge < -0.3 is 9.64 Å². The minimum Gasteiger partial charge on any atom is -0.473 e. The SMILES string of the molecule is Cc1cccc(C(=O)N2CCC(Oc3nncc4ccccc34)CC2)c1. The van der Waals surface area contributed by atoms with Crippen molar-refractivity contribution in [3.05, 3.63) is 65.9 Å². The highest BCUT2D eigenvalue weighted by Gasteiger charge is 2.25. The second-order valence-corrected chi connectivity index (χ2v) is 6.72. The Morgan fingerprint density at radius 1 is 1.12 bits per heavy atom. The number of likely N-dealkylation sites (tertiary alicyclic amines) is 1. The zero-order chi connectivity index (χ0) is 17.9. The molecule has 4 rings (SSSR count). The molecule has 1 aromatic heterocycles. The van der Waals surface area contributed by atoms with E-state index in [9.17, 15) is 4.79 Å². The molecule has 2 aromatic carbocycles. The number of aromatic nitrogens is 2. The first-order valence-electron chi connectivity index (χ1n) is 8.94. The van der Waals surface area contributed by atoms with Crippen LogP contribution in [-0.2, 0) is 0 Å². The number of hydrogen-bond acceptors (Lipinski definition) is 4. The van der Waals surface area contributed by atoms with Crippen molar-refractivity contribution < 1.29 is 9.53 Å². The van der Waals surface area contributed by atoms with Gasteiger partial charge >= 0.3 is 0 Å². The Bertz CT molecular complexity index is 928. The number of rotatable bonds is 3. The molecule has 5 heteroatoms. The lowest BCUT2D eigenvalue weighted by Crippen LogP contribution is -2.41. The van der Waals surface area contributed by atoms with Crippen molar-refractivity contribution in [2.45, 2.75) is 25.9 Å². The van der Waals surface area contributed by atoms with Crippen LogP contribution in [0.25, 0.3) is 10.8 Å². The number of piperidine rings is 1. The van der Waals surface area contributed by atoms with Gasteiger partial charge in [-0.3, -0.25) is 4.79 Å². The Labute approximate surface area is 152 Å². The number of carbonyl (C=O) groups excluding carboxylic acids is 1. The summed E-state index contributed by atoms with van der Waals surface area (Å²) in [6.45, 7) is 3.38. The lowest BCUT2D eigenvalue weighted by molar-refractivity contribution is 0.0589. The van der Waals surface area contributed by atoms with E-state index < -0.39 is 0 Å². The summed E-state index contributed by atoms with van der Waals surface area (Å²) in [6.07, 6.45) is 3.38. The fourth-order valence-electron chi connectivity index (χ4n) is 3.38. The van der Waals surface area contributed by atoms with E-state index >= 15 is 0 Å². The molecule has 0 saturated carbocycles. The van der Waals surface area contributed by atoms with Crippen LogP contribution in [-0.4, -0.2) is 40.2 Å². The second kappa shape index (κ2) is 7.12. The smallest absolute Gasteiger partial charge is 0.253 e. The molecule has 0 N–H and O–H groups in total. The maximum atomic E-state index is 12.7. The minimum atomic E-state index is 0.0525. The molecule has 0 bridgehead atoms. The maximum Gasteiger partial charge on any atom is 0.253 e. The topological polar surface area (TPSA) is 55.3 Å². The lowest BCUT2D eigenvalue weighted by atomic mass is 10.1. The summed E-state index contributed by atoms with van der Waals surface area (Å²) in [5.41, 5.74) is 1.85. The van der Waals surface area contributed by atoms with E-state index in [1.165, 1.54) is 0 Å². The van der Waals surface area contributed by atoms with Crippen molar-refractivity contribution in [2.24, 2.45) is 0 Å². The third-order valence-electron chi connectivity index (χ3n) is 4.81. The van der Waals surface area contributed by atoms with E-state index in [0.29, 0.717) is 19.0 Å². The van der Waals surface area contributed by atoms with Gasteiger partial charge in [0.25, 0.3) is 5.91 Å². The van der Waals surface area contributed by atoms with Crippen LogP contribution in [0.4, 0.5) is 0 Å². The zero-order valence-corrected chi connectivity index (χ0v) is 14.8. The molecule has 0 aliphatic carbocycles. The standard InChI is InChI=1S/C21H21N3O2/c1-15-5-4-7-16(13-15)21(25)24-11-9-18(10-12-24)26-20-19-8-3-2-6-17(19)14-22-23-20/h2-8,13-14,18H,9-12H2,1H3. The summed E-state index contributed by atoms with van der Waals surface area (Å²) in [4.78, 5) is 14.6. The van der Waals surface area contributed by atoms with Gasteiger partial charge in [0.1, 0.15) is 6.10 Å². The predicted octanol–water partition coefficient (Wildman–Crippen LogP) is 3.62. The Balaban J connectivity index is 1.41. The molecule has 0 unspecified atom stereocenters. The van der Waals surface area contributed by atoms with Crippen molar-refractivity contribution in [1.29, 1.82) is 0 Å². The summed E-state index contributed by atoms with van der Waals surface area (Å²) in [6, 6.07) is 15.7. The molecule has 2 heterocycles. The minimum absolute atomic E-state index is 0.0525. The first-order valence-corrected chi connectivity index (χ1v) is 8.94. The number of hydrogen-bond donors (Lipinski definition) is 0. The summed E-state index contributed by atoms with van der Waals surface area (Å²) in [5.74, 6) is 0.670. The van der Waals surface area contributed by atoms with Gasteiger partial charge in [-0.25, -0.2) is 0 Å². The Hall–Kier alpha value is -2.95. The van der Waals surface area contributed by atoms with Crippen molar-refractivity contribution >= 4 is 16.7 Å². The Morgan fingerprint density at radius 2 is 1.92 bits per heavy atom. The summed E-state index contributed by atoms with van der Waals surface area (Å²) < 4.78 is 6.11. The molecule has 0 radical (unpaired) electrons. The fraction of sp³-hybridized carbons (Fsp3) is 0.286. The van der Waals surface area contributed by atoms with Crippen LogP contribution in [0.5, 0.6) is 5.88 Å². The fourth-order valence-corrected chi connectivity index (χ4v) is 3.38. The maximum absolute atomic E-state index is 12.7. The Kier molecular flexibility index (Phi) is 4.52. The van der Waals surface area contributed by atoms with Gasteiger partial charge in [0.2, 0.25) is 5.88 Å². The molecular weight excluding hydrogens is 326 g/mol. The van der Waals surface area contributed by atoms with Crippen LogP contribution in [0.3, 0.4) is 0 Å². The van der Waals surface area contributed by atoms with E-state index in [2.05, 4.69) is 10.2 Å². The van der Waals surface area contributed by atoms with Crippen molar-refractivity contribution in [1.82, 2.24) is 15.1 Å². The normalized spacial score (nSPS) is 15.2. The first kappa shape index (κ1) is 16.5. The molecule has 1 fully saturated rings. The summed E-state index contributed by atoms with van der Waals surface area (Å²) in [7, 11) is 0. The highest BCUT2D eigenvalue weighted by Crippen LogP contribution is 2.25. The van der Waals surface area contributed by atoms with Crippen molar-refractivity contribution in [3.8, 4) is 5.88 Å². The number of aryl methyl sites for hydroxylation is 1. The number of nitrogens with zero attached hydrogens (tertiary/aromatic N) is 3. The number of ether oxygens (including phenoxy) is 1. The van der Waals surface area contributed by atoms with Crippen LogP contribution in [0, 0.1) is 6.92 Å². The van der Waals surface area contributed by atoms with E-state index in [1.54, 1.807) is 6.20 Å². The third-order valence-corrected chi connectivity index (χ3v) is 4.81. The van der Waals surface area contributed by atoms with E-state index in [1.807, 2.05) is 60.4 Å². The molecule has 0 atom stereocenters. The van der Waals surface area contributed by atoms with E-state index in [4.69, 9.17) is 4.74 Å². The molecule has 1 aliphatic rings. The Morgan fingerprint density at radius 3 is 2.73 bits per heavy atom. The van der Waals surface area contributed by atoms with Gasteiger partial charge in [0.15, 0.2) is 0 Å². The number of fused-ring (bicyclic) bond motifs is 1. The van der Waals surface area contributed by atoms with Crippen molar-refractivity contribution in [3.63, 3.8) is 0 Å². The van der Waals surface area contributed by atoms with E-state index in [-0.39, 0.29) is 12.0 Å². The second-order valence-electron chi connectivity index (χ2n) is 6.72. The quantitative estimate of drug-likeness (QED) is 0.726. The highest BCUT2D eigenvalue weighted by atomic mass is 16.5. The van der Waals surface area contributed by atoms with Crippen LogP contribution < -0.4 is 4.74 Å². The zero-order valence-electron chi connectivity index (χ0n) is 14.8. The predicted molar refractivity (Wildman–Crippen MR) is 100 cm³/mol. The van der Waals surface area contributed by atoms with Gasteiger partial charge in [-0.2, -0.15) is 5.10 Å². The van der Waals surface area contributed by atoms with Gasteiger partial charge in [0, 0.05) is 42.3 Å². The molecule has 0 spiro atoms. The summed E-state index contributed by atoms with van der Waals surface area (Å²) in [5, 5.41) is 10.2. The molecule has 3 aromatic rings. The third kappa shape index (κ3) is 3.38. The van der Waals surface area contributed by atoms with Crippen LogP contribution >= 0.6 is 0 Å². The first-order chi connectivity index (χ1) is 12.7. The number of benzene rings is 2. The van der Waals surface area contributed by atoms with Gasteiger partial charge in [-0.15, -0.1) is 5.10 Å². The number of carbonyl (C=O) groups is 1. The highest BCUT2D eigenvalue weighted by molar-refractivity contribution is 5.94. The van der Waals surface area contributed by atoms with Gasteiger partial charge in [-0.05, 0) is 25.1 Å². The van der Waals surface area contributed by atoms with Crippen LogP contribution in [0.15, 0.2) is 54.7 Å². The average Bonchev–Trinajstić information content (AvgIpc) is 2.68. The molecular formula is C21H21N3O2. The largest absolute Gasteiger partial charge is 0.473 e. The lowest BCUT2D eigenvalue weighted by Gasteiger charge is -2.32. The molecule has 1 amide bonds. The van der Waals surface area contributed by atoms with Crippen molar-refractivity contribution in [2.75, 3.05) is 13.1 Å². The molecule has 1 saturated heterocycles. The molecule has 1 aliphatic heterocycles. The van der Waals surface area contributed by atoms with Gasteiger partial charge in [-0.1, -0.05) is 35.9 Å². The monoisotopic (exact) mass is 347 g/mol. The van der Waals surface area contributed by atoms with Crippen LogP contribution in [0.2, 0.25) is 0 Å². The summed E-state index contributed by atoms with van der Waals surface area (Å²) >= 11 is 0. The van der Waals surface area contributed by atoms with Gasteiger partial charge in [0.05, 0.1) is 6.20 Å². The molecule has 26 heavy (non-hydrogen) atoms. The average molecular weight is 347 g/mol. The van der Waals surface area contributed by atoms with Crippen LogP contribution in [0.1, 0.15) is 28.8 Å². The van der Waals surface area contributed by atoms with E-state index in [0.717, 1.165) is 34.7 Å².